The van der Waals surface area contributed by atoms with E-state index >= 15 is 0 Å². The summed E-state index contributed by atoms with van der Waals surface area (Å²) in [5, 5.41) is 1.22. The van der Waals surface area contributed by atoms with Gasteiger partial charge in [-0.2, -0.15) is 8.42 Å². The van der Waals surface area contributed by atoms with Gasteiger partial charge in [-0.3, -0.25) is 4.18 Å². The van der Waals surface area contributed by atoms with Crippen molar-refractivity contribution >= 4 is 49.5 Å². The van der Waals surface area contributed by atoms with E-state index in [1.807, 2.05) is 18.2 Å². The summed E-state index contributed by atoms with van der Waals surface area (Å²) < 4.78 is 26.9. The van der Waals surface area contributed by atoms with Gasteiger partial charge in [0.05, 0.1) is 6.61 Å². The van der Waals surface area contributed by atoms with Crippen LogP contribution in [0.5, 0.6) is 0 Å². The molecule has 15 heavy (non-hydrogen) atoms. The molecule has 0 aromatic heterocycles. The van der Waals surface area contributed by atoms with Gasteiger partial charge in [0.25, 0.3) is 0 Å². The van der Waals surface area contributed by atoms with E-state index in [1.165, 1.54) is 5.41 Å². The molecule has 0 bridgehead atoms. The summed E-state index contributed by atoms with van der Waals surface area (Å²) in [7, 11) is -2.96. The topological polar surface area (TPSA) is 43.4 Å². The van der Waals surface area contributed by atoms with E-state index in [4.69, 9.17) is 4.18 Å². The van der Waals surface area contributed by atoms with E-state index in [0.717, 1.165) is 5.56 Å². The molecule has 0 unspecified atom stereocenters. The Bertz CT molecular complexity index is 389. The molecule has 0 saturated heterocycles. The number of hydrogen-bond donors (Lipinski definition) is 0. The first-order valence-corrected chi connectivity index (χ1v) is 6.67. The van der Waals surface area contributed by atoms with E-state index in [2.05, 4.69) is 6.58 Å². The van der Waals surface area contributed by atoms with Crippen LogP contribution in [0.3, 0.4) is 0 Å². The third kappa shape index (κ3) is 6.40. The molecule has 0 aliphatic carbocycles. The van der Waals surface area contributed by atoms with Crippen molar-refractivity contribution in [2.45, 2.75) is 6.61 Å². The zero-order valence-corrected chi connectivity index (χ0v) is 9.05. The van der Waals surface area contributed by atoms with Gasteiger partial charge < -0.3 is 0 Å². The van der Waals surface area contributed by atoms with Crippen molar-refractivity contribution in [3.05, 3.63) is 47.9 Å². The molecular formula is C9H11NaO3S2. The van der Waals surface area contributed by atoms with Crippen LogP contribution in [0.2, 0.25) is 0 Å². The normalized spacial score (nSPS) is 10.4. The van der Waals surface area contributed by atoms with Crippen molar-refractivity contribution in [3.8, 4) is 0 Å². The van der Waals surface area contributed by atoms with Crippen molar-refractivity contribution in [2.24, 2.45) is 0 Å². The third-order valence-electron chi connectivity index (χ3n) is 1.40. The van der Waals surface area contributed by atoms with Crippen molar-refractivity contribution < 1.29 is 12.6 Å². The fraction of sp³-hybridized carbons (Fsp3) is 0.111. The summed E-state index contributed by atoms with van der Waals surface area (Å²) in [4.78, 5) is 0. The molecule has 1 rings (SSSR count). The Morgan fingerprint density at radius 2 is 1.93 bits per heavy atom. The predicted molar refractivity (Wildman–Crippen MR) is 65.1 cm³/mol. The van der Waals surface area contributed by atoms with Gasteiger partial charge in [0, 0.05) is 10.8 Å². The van der Waals surface area contributed by atoms with E-state index in [0.29, 0.717) is 10.8 Å². The first-order chi connectivity index (χ1) is 6.64. The second kappa shape index (κ2) is 7.49. The van der Waals surface area contributed by atoms with Crippen molar-refractivity contribution in [2.75, 3.05) is 0 Å². The molecule has 0 fully saturated rings. The van der Waals surface area contributed by atoms with E-state index in [1.54, 1.807) is 12.1 Å². The van der Waals surface area contributed by atoms with Crippen LogP contribution in [0.1, 0.15) is 5.56 Å². The summed E-state index contributed by atoms with van der Waals surface area (Å²) in [6, 6.07) is 9.11. The fourth-order valence-corrected chi connectivity index (χ4v) is 2.14. The monoisotopic (exact) mass is 254 g/mol. The van der Waals surface area contributed by atoms with Crippen LogP contribution < -0.4 is 0 Å². The zero-order chi connectivity index (χ0) is 10.4. The second-order valence-electron chi connectivity index (χ2n) is 2.42. The minimum absolute atomic E-state index is 0. The SMILES string of the molecule is C=CSS(=O)(=O)OCc1ccccc1.[NaH]. The second-order valence-corrected chi connectivity index (χ2v) is 5.80. The van der Waals surface area contributed by atoms with Crippen LogP contribution in [-0.2, 0) is 19.9 Å². The Hall–Kier alpha value is 0.220. The number of hydrogen-bond acceptors (Lipinski definition) is 4. The van der Waals surface area contributed by atoms with E-state index in [-0.39, 0.29) is 36.2 Å². The maximum atomic E-state index is 11.1. The van der Waals surface area contributed by atoms with Gasteiger partial charge in [-0.25, -0.2) is 0 Å². The first-order valence-electron chi connectivity index (χ1n) is 3.86. The third-order valence-corrected chi connectivity index (χ3v) is 3.58. The maximum absolute atomic E-state index is 11.1. The molecule has 1 aromatic carbocycles. The minimum atomic E-state index is -3.53. The number of benzene rings is 1. The van der Waals surface area contributed by atoms with E-state index in [9.17, 15) is 8.42 Å². The van der Waals surface area contributed by atoms with Gasteiger partial charge in [0.1, 0.15) is 0 Å². The van der Waals surface area contributed by atoms with Gasteiger partial charge in [0.15, 0.2) is 0 Å². The predicted octanol–water partition coefficient (Wildman–Crippen LogP) is 1.68. The summed E-state index contributed by atoms with van der Waals surface area (Å²) in [5.41, 5.74) is 0.820. The molecule has 78 valence electrons. The van der Waals surface area contributed by atoms with Gasteiger partial charge in [-0.1, -0.05) is 36.9 Å². The Labute approximate surface area is 116 Å². The molecule has 0 amide bonds. The molecule has 0 aliphatic heterocycles. The molecular weight excluding hydrogens is 243 g/mol. The number of rotatable bonds is 5. The Morgan fingerprint density at radius 3 is 2.47 bits per heavy atom. The summed E-state index contributed by atoms with van der Waals surface area (Å²) in [5.74, 6) is 0. The van der Waals surface area contributed by atoms with Crippen molar-refractivity contribution in [3.63, 3.8) is 0 Å². The van der Waals surface area contributed by atoms with Gasteiger partial charge >= 0.3 is 38.7 Å². The van der Waals surface area contributed by atoms with Crippen molar-refractivity contribution in [1.82, 2.24) is 0 Å². The van der Waals surface area contributed by atoms with Gasteiger partial charge in [-0.15, -0.1) is 0 Å². The Kier molecular flexibility index (Phi) is 7.60. The molecule has 0 atom stereocenters. The summed E-state index contributed by atoms with van der Waals surface area (Å²) >= 11 is 0. The quantitative estimate of drug-likeness (QED) is 0.592. The van der Waals surface area contributed by atoms with Crippen LogP contribution in [-0.4, -0.2) is 38.0 Å². The zero-order valence-electron chi connectivity index (χ0n) is 7.42. The van der Waals surface area contributed by atoms with Gasteiger partial charge in [-0.05, 0) is 11.0 Å². The molecule has 0 heterocycles. The molecule has 0 spiro atoms. The molecule has 0 N–H and O–H groups in total. The Balaban J connectivity index is 0.00000196. The van der Waals surface area contributed by atoms with Crippen LogP contribution >= 0.6 is 10.8 Å². The van der Waals surface area contributed by atoms with Crippen LogP contribution in [0.4, 0.5) is 0 Å². The molecule has 1 aromatic rings. The van der Waals surface area contributed by atoms with Crippen LogP contribution in [0, 0.1) is 0 Å². The molecule has 3 nitrogen and oxygen atoms in total. The van der Waals surface area contributed by atoms with Crippen LogP contribution in [0.25, 0.3) is 0 Å². The molecule has 0 aliphatic rings. The average molecular weight is 254 g/mol. The van der Waals surface area contributed by atoms with Crippen LogP contribution in [0.15, 0.2) is 42.3 Å². The standard InChI is InChI=1S/C9H10O3S2.Na.H/c1-2-13-14(10,11)12-8-9-6-4-3-5-7-9;;/h2-7H,1,8H2;;. The fourth-order valence-electron chi connectivity index (χ4n) is 0.826. The Morgan fingerprint density at radius 1 is 1.33 bits per heavy atom. The van der Waals surface area contributed by atoms with Crippen molar-refractivity contribution in [1.29, 1.82) is 0 Å². The van der Waals surface area contributed by atoms with E-state index < -0.39 is 9.15 Å². The molecule has 6 heteroatoms. The summed E-state index contributed by atoms with van der Waals surface area (Å²) in [6.07, 6.45) is 0. The first kappa shape index (κ1) is 15.2. The molecule has 0 saturated carbocycles. The van der Waals surface area contributed by atoms with Gasteiger partial charge in [0.2, 0.25) is 0 Å². The summed E-state index contributed by atoms with van der Waals surface area (Å²) in [6.45, 7) is 3.36. The molecule has 0 radical (unpaired) electrons. The average Bonchev–Trinajstić information content (AvgIpc) is 2.17.